The van der Waals surface area contributed by atoms with Crippen LogP contribution in [0.15, 0.2) is 78.9 Å². The van der Waals surface area contributed by atoms with Crippen LogP contribution in [0.5, 0.6) is 11.5 Å². The number of hydrogen-bond donors (Lipinski definition) is 2. The summed E-state index contributed by atoms with van der Waals surface area (Å²) in [6, 6.07) is 24.4. The highest BCUT2D eigenvalue weighted by atomic mass is 16.6. The van der Waals surface area contributed by atoms with Crippen molar-refractivity contribution in [2.24, 2.45) is 5.92 Å². The van der Waals surface area contributed by atoms with Crippen molar-refractivity contribution >= 4 is 11.9 Å². The lowest BCUT2D eigenvalue weighted by molar-refractivity contribution is -0.135. The van der Waals surface area contributed by atoms with Crippen molar-refractivity contribution in [1.82, 2.24) is 10.2 Å². The summed E-state index contributed by atoms with van der Waals surface area (Å²) in [5.74, 6) is 0.556. The second-order valence-electron chi connectivity index (χ2n) is 11.0. The molecule has 0 saturated carbocycles. The predicted octanol–water partition coefficient (Wildman–Crippen LogP) is 3.32. The van der Waals surface area contributed by atoms with E-state index in [0.29, 0.717) is 11.5 Å². The molecule has 5 rings (SSSR count). The SMILES string of the molecule is COCCO[C@@H]1[C@H](O)[C@@H](COC(c2ccccc2)(c2ccc(OC)cc2)c2ccc(OC)cc2)O[C@H]1N1CC(C)C(=O)NC1=O. The first-order valence-corrected chi connectivity index (χ1v) is 14.9. The summed E-state index contributed by atoms with van der Waals surface area (Å²) in [6.07, 6.45) is -3.92. The maximum absolute atomic E-state index is 12.9. The van der Waals surface area contributed by atoms with Crippen LogP contribution in [-0.2, 0) is 29.3 Å². The van der Waals surface area contributed by atoms with Gasteiger partial charge in [0.05, 0.1) is 40.0 Å². The average molecular weight is 621 g/mol. The van der Waals surface area contributed by atoms with Crippen molar-refractivity contribution in [3.63, 3.8) is 0 Å². The lowest BCUT2D eigenvalue weighted by atomic mass is 9.80. The molecule has 0 aliphatic carbocycles. The van der Waals surface area contributed by atoms with Gasteiger partial charge in [-0.15, -0.1) is 0 Å². The Hall–Kier alpha value is -4.00. The molecule has 2 N–H and O–H groups in total. The fourth-order valence-corrected chi connectivity index (χ4v) is 5.82. The molecule has 11 heteroatoms. The van der Waals surface area contributed by atoms with E-state index in [-0.39, 0.29) is 32.3 Å². The molecular weight excluding hydrogens is 580 g/mol. The van der Waals surface area contributed by atoms with E-state index >= 15 is 0 Å². The Morgan fingerprint density at radius 1 is 0.867 bits per heavy atom. The summed E-state index contributed by atoms with van der Waals surface area (Å²) in [5, 5.41) is 13.9. The molecule has 0 radical (unpaired) electrons. The summed E-state index contributed by atoms with van der Waals surface area (Å²) < 4.78 is 35.3. The third-order valence-corrected chi connectivity index (χ3v) is 8.26. The van der Waals surface area contributed by atoms with Crippen molar-refractivity contribution in [3.8, 4) is 11.5 Å². The zero-order valence-electron chi connectivity index (χ0n) is 25.9. The van der Waals surface area contributed by atoms with Crippen LogP contribution in [0.2, 0.25) is 0 Å². The Labute approximate surface area is 262 Å². The third kappa shape index (κ3) is 6.68. The van der Waals surface area contributed by atoms with E-state index in [2.05, 4.69) is 5.32 Å². The second kappa shape index (κ2) is 14.4. The number of rotatable bonds is 13. The number of amides is 3. The molecule has 3 amide bonds. The Morgan fingerprint density at radius 2 is 1.44 bits per heavy atom. The summed E-state index contributed by atoms with van der Waals surface area (Å²) >= 11 is 0. The number of hydrogen-bond acceptors (Lipinski definition) is 9. The maximum atomic E-state index is 12.9. The monoisotopic (exact) mass is 620 g/mol. The van der Waals surface area contributed by atoms with Gasteiger partial charge in [-0.05, 0) is 41.0 Å². The minimum atomic E-state index is -1.16. The average Bonchev–Trinajstić information content (AvgIpc) is 3.38. The molecule has 2 aliphatic heterocycles. The Balaban J connectivity index is 1.52. The minimum absolute atomic E-state index is 0.0707. The van der Waals surface area contributed by atoms with E-state index in [0.717, 1.165) is 16.7 Å². The van der Waals surface area contributed by atoms with E-state index in [4.69, 9.17) is 28.4 Å². The zero-order chi connectivity index (χ0) is 32.0. The fourth-order valence-electron chi connectivity index (χ4n) is 5.82. The molecule has 2 saturated heterocycles. The van der Waals surface area contributed by atoms with E-state index < -0.39 is 42.1 Å². The summed E-state index contributed by atoms with van der Waals surface area (Å²) in [6.45, 7) is 2.22. The van der Waals surface area contributed by atoms with Crippen molar-refractivity contribution in [3.05, 3.63) is 95.6 Å². The summed E-state index contributed by atoms with van der Waals surface area (Å²) in [4.78, 5) is 26.4. The number of nitrogens with one attached hydrogen (secondary N) is 1. The van der Waals surface area contributed by atoms with Crippen LogP contribution >= 0.6 is 0 Å². The highest BCUT2D eigenvalue weighted by molar-refractivity contribution is 5.97. The van der Waals surface area contributed by atoms with Gasteiger partial charge in [0.2, 0.25) is 5.91 Å². The number of urea groups is 1. The van der Waals surface area contributed by atoms with Gasteiger partial charge in [-0.2, -0.15) is 0 Å². The van der Waals surface area contributed by atoms with Crippen molar-refractivity contribution in [2.75, 3.05) is 47.7 Å². The van der Waals surface area contributed by atoms with Gasteiger partial charge in [0, 0.05) is 13.7 Å². The maximum Gasteiger partial charge on any atom is 0.326 e. The van der Waals surface area contributed by atoms with Gasteiger partial charge in [0.15, 0.2) is 6.23 Å². The molecule has 5 atom stereocenters. The van der Waals surface area contributed by atoms with Gasteiger partial charge in [-0.1, -0.05) is 61.5 Å². The lowest BCUT2D eigenvalue weighted by Crippen LogP contribution is -2.59. The molecule has 3 aromatic carbocycles. The number of carbonyl (C=O) groups excluding carboxylic acids is 2. The minimum Gasteiger partial charge on any atom is -0.497 e. The highest BCUT2D eigenvalue weighted by Gasteiger charge is 2.51. The molecule has 240 valence electrons. The van der Waals surface area contributed by atoms with Gasteiger partial charge < -0.3 is 33.5 Å². The van der Waals surface area contributed by atoms with Crippen LogP contribution in [-0.4, -0.2) is 94.2 Å². The Morgan fingerprint density at radius 3 is 2.00 bits per heavy atom. The molecule has 0 spiro atoms. The Bertz CT molecular complexity index is 1370. The van der Waals surface area contributed by atoms with E-state index in [9.17, 15) is 14.7 Å². The van der Waals surface area contributed by atoms with Crippen LogP contribution in [0.3, 0.4) is 0 Å². The van der Waals surface area contributed by atoms with Crippen molar-refractivity contribution in [1.29, 1.82) is 0 Å². The Kier molecular flexibility index (Phi) is 10.4. The summed E-state index contributed by atoms with van der Waals surface area (Å²) in [7, 11) is 4.77. The van der Waals surface area contributed by atoms with E-state index in [1.54, 1.807) is 28.3 Å². The van der Waals surface area contributed by atoms with Crippen LogP contribution in [0.4, 0.5) is 4.79 Å². The first-order valence-electron chi connectivity index (χ1n) is 14.9. The molecule has 45 heavy (non-hydrogen) atoms. The number of nitrogens with zero attached hydrogens (tertiary/aromatic N) is 1. The van der Waals surface area contributed by atoms with Crippen LogP contribution in [0, 0.1) is 5.92 Å². The number of imide groups is 1. The highest BCUT2D eigenvalue weighted by Crippen LogP contribution is 2.42. The molecule has 3 aromatic rings. The molecule has 2 heterocycles. The number of aliphatic hydroxyl groups excluding tert-OH is 1. The van der Waals surface area contributed by atoms with Crippen LogP contribution < -0.4 is 14.8 Å². The van der Waals surface area contributed by atoms with Gasteiger partial charge >= 0.3 is 6.03 Å². The standard InChI is InChI=1S/C34H40N2O9/c1-22-20-36(33(39)35-31(22)38)32-30(43-19-18-40-2)29(37)28(45-32)21-44-34(23-8-6-5-7-9-23,24-10-14-26(41-3)15-11-24)25-12-16-27(42-4)17-13-25/h5-17,22,28-30,32,37H,18-21H2,1-4H3,(H,35,38,39)/t22?,28-,29-,30-,32-/m1/s1. The van der Waals surface area contributed by atoms with Crippen molar-refractivity contribution < 1.29 is 43.1 Å². The quantitative estimate of drug-likeness (QED) is 0.219. The fraction of sp³-hybridized carbons (Fsp3) is 0.412. The number of carbonyl (C=O) groups is 2. The second-order valence-corrected chi connectivity index (χ2v) is 11.0. The van der Waals surface area contributed by atoms with E-state index in [1.807, 2.05) is 78.9 Å². The molecule has 1 unspecified atom stereocenters. The molecule has 11 nitrogen and oxygen atoms in total. The largest absolute Gasteiger partial charge is 0.497 e. The van der Waals surface area contributed by atoms with Crippen LogP contribution in [0.25, 0.3) is 0 Å². The number of ether oxygens (including phenoxy) is 6. The smallest absolute Gasteiger partial charge is 0.326 e. The number of benzene rings is 3. The van der Waals surface area contributed by atoms with Gasteiger partial charge in [-0.25, -0.2) is 4.79 Å². The molecular formula is C34H40N2O9. The first-order chi connectivity index (χ1) is 21.8. The van der Waals surface area contributed by atoms with Gasteiger partial charge in [0.1, 0.15) is 35.4 Å². The molecule has 2 aliphatic rings. The predicted molar refractivity (Wildman–Crippen MR) is 164 cm³/mol. The van der Waals surface area contributed by atoms with E-state index in [1.165, 1.54) is 4.90 Å². The van der Waals surface area contributed by atoms with Crippen LogP contribution in [0.1, 0.15) is 23.6 Å². The lowest BCUT2D eigenvalue weighted by Gasteiger charge is -2.37. The van der Waals surface area contributed by atoms with Gasteiger partial charge in [-0.3, -0.25) is 15.0 Å². The normalized spacial score (nSPS) is 23.6. The molecule has 0 bridgehead atoms. The molecule has 2 fully saturated rings. The van der Waals surface area contributed by atoms with Gasteiger partial charge in [0.25, 0.3) is 0 Å². The zero-order valence-corrected chi connectivity index (χ0v) is 25.9. The third-order valence-electron chi connectivity index (χ3n) is 8.26. The molecule has 0 aromatic heterocycles. The van der Waals surface area contributed by atoms with Crippen molar-refractivity contribution in [2.45, 2.75) is 37.1 Å². The number of methoxy groups -OCH3 is 3. The summed E-state index contributed by atoms with van der Waals surface area (Å²) in [5.41, 5.74) is 1.34. The number of aliphatic hydroxyl groups is 1. The topological polar surface area (TPSA) is 125 Å². The first kappa shape index (κ1) is 32.4.